The highest BCUT2D eigenvalue weighted by molar-refractivity contribution is 8.00. The van der Waals surface area contributed by atoms with Crippen molar-refractivity contribution in [2.45, 2.75) is 50.6 Å². The van der Waals surface area contributed by atoms with E-state index in [2.05, 4.69) is 39.8 Å². The Kier molecular flexibility index (Phi) is 5.90. The molecule has 9 heteroatoms. The van der Waals surface area contributed by atoms with Crippen LogP contribution >= 0.6 is 11.8 Å². The minimum absolute atomic E-state index is 0.121. The van der Waals surface area contributed by atoms with Gasteiger partial charge in [0.05, 0.1) is 23.2 Å². The van der Waals surface area contributed by atoms with Gasteiger partial charge < -0.3 is 5.32 Å². The molecule has 1 aromatic carbocycles. The molecule has 27 heavy (non-hydrogen) atoms. The number of amides is 1. The first-order valence-corrected chi connectivity index (χ1v) is 9.74. The highest BCUT2D eigenvalue weighted by Crippen LogP contribution is 2.25. The van der Waals surface area contributed by atoms with Gasteiger partial charge in [-0.15, -0.1) is 5.10 Å². The molecular weight excluding hydrogens is 362 g/mol. The number of carbonyl (C=O) groups is 1. The van der Waals surface area contributed by atoms with Crippen molar-refractivity contribution in [3.8, 4) is 5.69 Å². The smallest absolute Gasteiger partial charge is 0.238 e. The fourth-order valence-corrected chi connectivity index (χ4v) is 3.38. The SMILES string of the molecule is CC[C@H](C)n1nccc1NC(=O)[C@@H](C)Sc1nnnn1-c1ccccc1C. The monoisotopic (exact) mass is 385 g/mol. The van der Waals surface area contributed by atoms with Gasteiger partial charge in [-0.05, 0) is 49.2 Å². The second-order valence-electron chi connectivity index (χ2n) is 6.33. The lowest BCUT2D eigenvalue weighted by Crippen LogP contribution is -2.25. The lowest BCUT2D eigenvalue weighted by atomic mass is 10.2. The molecule has 0 saturated heterocycles. The number of aryl methyl sites for hydroxylation is 1. The van der Waals surface area contributed by atoms with E-state index in [1.165, 1.54) is 11.8 Å². The third kappa shape index (κ3) is 4.19. The normalized spacial score (nSPS) is 13.3. The molecule has 3 aromatic rings. The van der Waals surface area contributed by atoms with Gasteiger partial charge in [-0.1, -0.05) is 36.9 Å². The molecular formula is C18H23N7OS. The van der Waals surface area contributed by atoms with Crippen LogP contribution in [0.5, 0.6) is 0 Å². The standard InChI is InChI=1S/C18H23N7OS/c1-5-13(3)24-16(10-11-19-24)20-17(26)14(4)27-18-21-22-23-25(18)15-9-7-6-8-12(15)2/h6-11,13-14H,5H2,1-4H3,(H,20,26)/t13-,14+/m0/s1. The van der Waals surface area contributed by atoms with Crippen LogP contribution in [0.4, 0.5) is 5.82 Å². The van der Waals surface area contributed by atoms with E-state index in [9.17, 15) is 4.79 Å². The predicted molar refractivity (Wildman–Crippen MR) is 105 cm³/mol. The summed E-state index contributed by atoms with van der Waals surface area (Å²) in [5, 5.41) is 19.4. The van der Waals surface area contributed by atoms with E-state index < -0.39 is 0 Å². The molecule has 0 unspecified atom stereocenters. The number of para-hydroxylation sites is 1. The molecule has 142 valence electrons. The Bertz CT molecular complexity index is 920. The number of nitrogens with zero attached hydrogens (tertiary/aromatic N) is 6. The number of rotatable bonds is 7. The largest absolute Gasteiger partial charge is 0.310 e. The Morgan fingerprint density at radius 3 is 2.78 bits per heavy atom. The number of anilines is 1. The number of thioether (sulfide) groups is 1. The Labute approximate surface area is 162 Å². The Morgan fingerprint density at radius 2 is 2.04 bits per heavy atom. The highest BCUT2D eigenvalue weighted by atomic mass is 32.2. The van der Waals surface area contributed by atoms with Crippen molar-refractivity contribution in [2.75, 3.05) is 5.32 Å². The summed E-state index contributed by atoms with van der Waals surface area (Å²) >= 11 is 1.32. The lowest BCUT2D eigenvalue weighted by Gasteiger charge is -2.16. The summed E-state index contributed by atoms with van der Waals surface area (Å²) in [5.41, 5.74) is 1.95. The van der Waals surface area contributed by atoms with Gasteiger partial charge >= 0.3 is 0 Å². The van der Waals surface area contributed by atoms with Crippen LogP contribution in [0.25, 0.3) is 5.69 Å². The average Bonchev–Trinajstić information content (AvgIpc) is 3.31. The second-order valence-corrected chi connectivity index (χ2v) is 7.64. The zero-order valence-electron chi connectivity index (χ0n) is 15.8. The second kappa shape index (κ2) is 8.34. The van der Waals surface area contributed by atoms with Crippen LogP contribution in [0.3, 0.4) is 0 Å². The van der Waals surface area contributed by atoms with E-state index in [0.717, 1.165) is 17.7 Å². The molecule has 1 amide bonds. The van der Waals surface area contributed by atoms with E-state index in [-0.39, 0.29) is 17.2 Å². The third-order valence-corrected chi connectivity index (χ3v) is 5.40. The van der Waals surface area contributed by atoms with Gasteiger partial charge in [-0.2, -0.15) is 9.78 Å². The van der Waals surface area contributed by atoms with E-state index in [1.54, 1.807) is 16.9 Å². The van der Waals surface area contributed by atoms with E-state index in [1.807, 2.05) is 42.8 Å². The first kappa shape index (κ1) is 19.1. The number of nitrogens with one attached hydrogen (secondary N) is 1. The van der Waals surface area contributed by atoms with Gasteiger partial charge in [0.2, 0.25) is 11.1 Å². The fraction of sp³-hybridized carbons (Fsp3) is 0.389. The van der Waals surface area contributed by atoms with Gasteiger partial charge in [0.1, 0.15) is 5.82 Å². The molecule has 0 saturated carbocycles. The summed E-state index contributed by atoms with van der Waals surface area (Å²) in [6, 6.07) is 9.87. The van der Waals surface area contributed by atoms with Crippen LogP contribution in [0.2, 0.25) is 0 Å². The topological polar surface area (TPSA) is 90.5 Å². The summed E-state index contributed by atoms with van der Waals surface area (Å²) in [7, 11) is 0. The van der Waals surface area contributed by atoms with Crippen LogP contribution in [-0.2, 0) is 4.79 Å². The van der Waals surface area contributed by atoms with Crippen molar-refractivity contribution in [2.24, 2.45) is 0 Å². The van der Waals surface area contributed by atoms with Crippen molar-refractivity contribution in [3.63, 3.8) is 0 Å². The molecule has 0 spiro atoms. The highest BCUT2D eigenvalue weighted by Gasteiger charge is 2.21. The minimum Gasteiger partial charge on any atom is -0.310 e. The number of benzene rings is 1. The minimum atomic E-state index is -0.376. The number of carbonyl (C=O) groups excluding carboxylic acids is 1. The molecule has 0 aliphatic rings. The number of tetrazole rings is 1. The quantitative estimate of drug-likeness (QED) is 0.628. The molecule has 3 rings (SSSR count). The van der Waals surface area contributed by atoms with Crippen molar-refractivity contribution in [3.05, 3.63) is 42.1 Å². The van der Waals surface area contributed by atoms with Gasteiger partial charge in [-0.3, -0.25) is 4.79 Å². The van der Waals surface area contributed by atoms with Gasteiger partial charge in [0, 0.05) is 6.07 Å². The number of aromatic nitrogens is 6. The summed E-state index contributed by atoms with van der Waals surface area (Å²) in [6.07, 6.45) is 2.62. The Hall–Kier alpha value is -2.68. The number of hydrogen-bond acceptors (Lipinski definition) is 6. The Morgan fingerprint density at radius 1 is 1.26 bits per heavy atom. The molecule has 2 atom stereocenters. The molecule has 0 aliphatic heterocycles. The van der Waals surface area contributed by atoms with E-state index >= 15 is 0 Å². The van der Waals surface area contributed by atoms with E-state index in [4.69, 9.17) is 0 Å². The molecule has 1 N–H and O–H groups in total. The maximum Gasteiger partial charge on any atom is 0.238 e. The first-order valence-electron chi connectivity index (χ1n) is 8.86. The molecule has 8 nitrogen and oxygen atoms in total. The lowest BCUT2D eigenvalue weighted by molar-refractivity contribution is -0.115. The van der Waals surface area contributed by atoms with Gasteiger partial charge in [-0.25, -0.2) is 4.68 Å². The van der Waals surface area contributed by atoms with Crippen molar-refractivity contribution >= 4 is 23.5 Å². The summed E-state index contributed by atoms with van der Waals surface area (Å²) in [4.78, 5) is 12.7. The average molecular weight is 385 g/mol. The maximum atomic E-state index is 12.7. The maximum absolute atomic E-state index is 12.7. The molecule has 0 aliphatic carbocycles. The Balaban J connectivity index is 1.73. The predicted octanol–water partition coefficient (Wildman–Crippen LogP) is 3.26. The van der Waals surface area contributed by atoms with Crippen LogP contribution in [0.1, 0.15) is 38.8 Å². The van der Waals surface area contributed by atoms with Crippen molar-refractivity contribution < 1.29 is 4.79 Å². The molecule has 2 aromatic heterocycles. The zero-order chi connectivity index (χ0) is 19.4. The molecule has 0 fully saturated rings. The molecule has 2 heterocycles. The van der Waals surface area contributed by atoms with Gasteiger partial charge in [0.15, 0.2) is 0 Å². The van der Waals surface area contributed by atoms with Crippen LogP contribution < -0.4 is 5.32 Å². The van der Waals surface area contributed by atoms with Crippen LogP contribution in [-0.4, -0.2) is 41.1 Å². The summed E-state index contributed by atoms with van der Waals surface area (Å²) < 4.78 is 3.49. The molecule has 0 bridgehead atoms. The van der Waals surface area contributed by atoms with Crippen LogP contribution in [0.15, 0.2) is 41.7 Å². The van der Waals surface area contributed by atoms with Gasteiger partial charge in [0.25, 0.3) is 0 Å². The molecule has 0 radical (unpaired) electrons. The number of hydrogen-bond donors (Lipinski definition) is 1. The van der Waals surface area contributed by atoms with Crippen molar-refractivity contribution in [1.29, 1.82) is 0 Å². The van der Waals surface area contributed by atoms with Crippen molar-refractivity contribution in [1.82, 2.24) is 30.0 Å². The van der Waals surface area contributed by atoms with Crippen LogP contribution in [0, 0.1) is 6.92 Å². The third-order valence-electron chi connectivity index (χ3n) is 4.37. The van der Waals surface area contributed by atoms with E-state index in [0.29, 0.717) is 11.0 Å². The summed E-state index contributed by atoms with van der Waals surface area (Å²) in [5.74, 6) is 0.574. The zero-order valence-corrected chi connectivity index (χ0v) is 16.6. The first-order chi connectivity index (χ1) is 13.0. The summed E-state index contributed by atoms with van der Waals surface area (Å²) in [6.45, 7) is 7.98. The fourth-order valence-electron chi connectivity index (χ4n) is 2.58.